The van der Waals surface area contributed by atoms with Crippen LogP contribution in [0.25, 0.3) is 0 Å². The van der Waals surface area contributed by atoms with Gasteiger partial charge in [-0.25, -0.2) is 0 Å². The number of benzene rings is 1. The van der Waals surface area contributed by atoms with Gasteiger partial charge in [0.05, 0.1) is 5.54 Å². The highest BCUT2D eigenvalue weighted by molar-refractivity contribution is 14.1. The van der Waals surface area contributed by atoms with E-state index in [1.165, 1.54) is 0 Å². The van der Waals surface area contributed by atoms with Crippen molar-refractivity contribution >= 4 is 45.4 Å². The van der Waals surface area contributed by atoms with Crippen molar-refractivity contribution in [1.29, 1.82) is 0 Å². The molecular formula is C21H26IN3OS. The number of halogens is 1. The lowest BCUT2D eigenvalue weighted by Gasteiger charge is -2.36. The SMILES string of the molecule is CC1([C@@H]2C=CC(C(=O)N(CCI)Cc3ccccc3)=CC2)CCSC(N)=N1. The zero-order valence-electron chi connectivity index (χ0n) is 15.6. The van der Waals surface area contributed by atoms with Crippen LogP contribution in [0.4, 0.5) is 0 Å². The molecule has 1 amide bonds. The molecule has 4 nitrogen and oxygen atoms in total. The van der Waals surface area contributed by atoms with Crippen molar-refractivity contribution in [3.05, 3.63) is 59.7 Å². The summed E-state index contributed by atoms with van der Waals surface area (Å²) in [4.78, 5) is 19.7. The predicted octanol–water partition coefficient (Wildman–Crippen LogP) is 4.16. The second kappa shape index (κ2) is 9.28. The minimum Gasteiger partial charge on any atom is -0.379 e. The smallest absolute Gasteiger partial charge is 0.253 e. The topological polar surface area (TPSA) is 58.7 Å². The van der Waals surface area contributed by atoms with E-state index in [0.717, 1.165) is 40.7 Å². The minimum absolute atomic E-state index is 0.109. The molecule has 1 aliphatic heterocycles. The van der Waals surface area contributed by atoms with Gasteiger partial charge in [-0.3, -0.25) is 9.79 Å². The Labute approximate surface area is 179 Å². The Morgan fingerprint density at radius 3 is 2.81 bits per heavy atom. The molecule has 1 heterocycles. The van der Waals surface area contributed by atoms with E-state index in [1.54, 1.807) is 11.8 Å². The normalized spacial score (nSPS) is 24.9. The Hall–Kier alpha value is -1.28. The summed E-state index contributed by atoms with van der Waals surface area (Å²) < 4.78 is 0.916. The minimum atomic E-state index is -0.164. The van der Waals surface area contributed by atoms with Gasteiger partial charge in [0.25, 0.3) is 5.91 Å². The lowest BCUT2D eigenvalue weighted by molar-refractivity contribution is -0.127. The fourth-order valence-corrected chi connectivity index (χ4v) is 5.13. The number of hydrogen-bond donors (Lipinski definition) is 1. The summed E-state index contributed by atoms with van der Waals surface area (Å²) in [7, 11) is 0. The van der Waals surface area contributed by atoms with E-state index >= 15 is 0 Å². The molecule has 0 saturated carbocycles. The van der Waals surface area contributed by atoms with E-state index in [-0.39, 0.29) is 11.4 Å². The van der Waals surface area contributed by atoms with Gasteiger partial charge < -0.3 is 10.6 Å². The summed E-state index contributed by atoms with van der Waals surface area (Å²) in [6, 6.07) is 10.2. The van der Waals surface area contributed by atoms with Gasteiger partial charge >= 0.3 is 0 Å². The van der Waals surface area contributed by atoms with Crippen LogP contribution in [-0.2, 0) is 11.3 Å². The van der Waals surface area contributed by atoms with Gasteiger partial charge in [-0.05, 0) is 25.3 Å². The van der Waals surface area contributed by atoms with Crippen LogP contribution < -0.4 is 5.73 Å². The number of carbonyl (C=O) groups is 1. The van der Waals surface area contributed by atoms with Crippen LogP contribution in [0.15, 0.2) is 59.1 Å². The number of nitrogens with zero attached hydrogens (tertiary/aromatic N) is 2. The molecule has 0 saturated heterocycles. The quantitative estimate of drug-likeness (QED) is 0.477. The number of aliphatic imine (C=N–C) groups is 1. The first-order chi connectivity index (χ1) is 13.0. The highest BCUT2D eigenvalue weighted by Gasteiger charge is 2.35. The number of rotatable bonds is 6. The van der Waals surface area contributed by atoms with E-state index in [1.807, 2.05) is 29.2 Å². The van der Waals surface area contributed by atoms with Gasteiger partial charge in [-0.2, -0.15) is 0 Å². The monoisotopic (exact) mass is 495 g/mol. The second-order valence-corrected chi connectivity index (χ2v) is 9.36. The molecule has 1 aromatic carbocycles. The summed E-state index contributed by atoms with van der Waals surface area (Å²) in [5.74, 6) is 1.41. The van der Waals surface area contributed by atoms with Crippen molar-refractivity contribution in [2.45, 2.75) is 31.8 Å². The summed E-state index contributed by atoms with van der Waals surface area (Å²) in [5.41, 5.74) is 7.73. The van der Waals surface area contributed by atoms with Gasteiger partial charge in [0.1, 0.15) is 0 Å². The predicted molar refractivity (Wildman–Crippen MR) is 123 cm³/mol. The Bertz CT molecular complexity index is 762. The number of amidine groups is 1. The number of allylic oxidation sites excluding steroid dienone is 1. The molecule has 2 atom stereocenters. The first-order valence-corrected chi connectivity index (χ1v) is 11.8. The summed E-state index contributed by atoms with van der Waals surface area (Å²) >= 11 is 3.95. The van der Waals surface area contributed by atoms with Crippen molar-refractivity contribution < 1.29 is 4.79 Å². The standard InChI is InChI=1S/C21H26IN3OS/c1-21(11-14-27-20(23)24-21)18-9-7-17(8-10-18)19(26)25(13-12-22)15-16-5-3-2-4-6-16/h2-9,18H,10-15H2,1H3,(H2,23,24)/t18-,21?/m1/s1. The summed E-state index contributed by atoms with van der Waals surface area (Å²) in [6.45, 7) is 3.57. The molecule has 0 spiro atoms. The van der Waals surface area contributed by atoms with Crippen LogP contribution in [0, 0.1) is 5.92 Å². The number of amides is 1. The van der Waals surface area contributed by atoms with Gasteiger partial charge in [0.2, 0.25) is 0 Å². The average molecular weight is 495 g/mol. The van der Waals surface area contributed by atoms with Gasteiger partial charge in [-0.15, -0.1) is 0 Å². The van der Waals surface area contributed by atoms with E-state index in [9.17, 15) is 4.79 Å². The Kier molecular flexibility index (Phi) is 7.03. The van der Waals surface area contributed by atoms with Crippen LogP contribution in [0.5, 0.6) is 0 Å². The van der Waals surface area contributed by atoms with Crippen molar-refractivity contribution in [1.82, 2.24) is 4.90 Å². The first kappa shape index (κ1) is 20.5. The molecule has 3 rings (SSSR count). The van der Waals surface area contributed by atoms with E-state index in [4.69, 9.17) is 10.7 Å². The van der Waals surface area contributed by atoms with Crippen LogP contribution in [0.3, 0.4) is 0 Å². The Morgan fingerprint density at radius 1 is 1.41 bits per heavy atom. The third kappa shape index (κ3) is 5.16. The number of nitrogens with two attached hydrogens (primary N) is 1. The van der Waals surface area contributed by atoms with E-state index < -0.39 is 0 Å². The largest absolute Gasteiger partial charge is 0.379 e. The molecule has 27 heavy (non-hydrogen) atoms. The number of alkyl halides is 1. The number of thioether (sulfide) groups is 1. The molecule has 2 aliphatic rings. The second-order valence-electron chi connectivity index (χ2n) is 7.17. The third-order valence-electron chi connectivity index (χ3n) is 5.23. The zero-order valence-corrected chi connectivity index (χ0v) is 18.6. The maximum absolute atomic E-state index is 13.1. The first-order valence-electron chi connectivity index (χ1n) is 9.27. The molecule has 0 aromatic heterocycles. The van der Waals surface area contributed by atoms with Crippen LogP contribution in [0.2, 0.25) is 0 Å². The Morgan fingerprint density at radius 2 is 2.19 bits per heavy atom. The Balaban J connectivity index is 1.69. The number of hydrogen-bond acceptors (Lipinski definition) is 4. The van der Waals surface area contributed by atoms with Crippen LogP contribution in [-0.4, -0.2) is 38.2 Å². The summed E-state index contributed by atoms with van der Waals surface area (Å²) in [6.07, 6.45) is 8.07. The average Bonchev–Trinajstić information content (AvgIpc) is 2.68. The highest BCUT2D eigenvalue weighted by atomic mass is 127. The molecule has 0 bridgehead atoms. The maximum Gasteiger partial charge on any atom is 0.253 e. The van der Waals surface area contributed by atoms with Crippen LogP contribution >= 0.6 is 34.4 Å². The fourth-order valence-electron chi connectivity index (χ4n) is 3.55. The molecule has 6 heteroatoms. The van der Waals surface area contributed by atoms with Crippen molar-refractivity contribution in [3.8, 4) is 0 Å². The third-order valence-corrected chi connectivity index (χ3v) is 6.50. The van der Waals surface area contributed by atoms with Gasteiger partial charge in [-0.1, -0.05) is 82.9 Å². The highest BCUT2D eigenvalue weighted by Crippen LogP contribution is 2.37. The van der Waals surface area contributed by atoms with Gasteiger partial charge in [0.15, 0.2) is 5.17 Å². The molecular weight excluding hydrogens is 469 g/mol. The molecule has 1 unspecified atom stereocenters. The molecule has 1 aromatic rings. The van der Waals surface area contributed by atoms with E-state index in [0.29, 0.717) is 17.6 Å². The lowest BCUT2D eigenvalue weighted by Crippen LogP contribution is -2.38. The zero-order chi connectivity index (χ0) is 19.3. The maximum atomic E-state index is 13.1. The lowest BCUT2D eigenvalue weighted by atomic mass is 9.78. The summed E-state index contributed by atoms with van der Waals surface area (Å²) in [5, 5.41) is 0.680. The molecule has 0 radical (unpaired) electrons. The van der Waals surface area contributed by atoms with Crippen molar-refractivity contribution in [2.75, 3.05) is 16.7 Å². The van der Waals surface area contributed by atoms with Crippen LogP contribution in [0.1, 0.15) is 25.3 Å². The molecule has 1 aliphatic carbocycles. The van der Waals surface area contributed by atoms with Gasteiger partial charge in [0, 0.05) is 34.8 Å². The van der Waals surface area contributed by atoms with E-state index in [2.05, 4.69) is 53.8 Å². The number of carbonyl (C=O) groups excluding carboxylic acids is 1. The van der Waals surface area contributed by atoms with Crippen molar-refractivity contribution in [3.63, 3.8) is 0 Å². The van der Waals surface area contributed by atoms with Crippen molar-refractivity contribution in [2.24, 2.45) is 16.6 Å². The molecule has 144 valence electrons. The molecule has 2 N–H and O–H groups in total. The molecule has 0 fully saturated rings. The fraction of sp³-hybridized carbons (Fsp3) is 0.429.